The second-order valence-electron chi connectivity index (χ2n) is 8.80. The van der Waals surface area contributed by atoms with Gasteiger partial charge in [0.25, 0.3) is 0 Å². The van der Waals surface area contributed by atoms with Crippen LogP contribution in [-0.2, 0) is 22.6 Å². The van der Waals surface area contributed by atoms with E-state index in [9.17, 15) is 9.59 Å². The Hall–Kier alpha value is -2.90. The number of allylic oxidation sites excluding steroid dienone is 1. The summed E-state index contributed by atoms with van der Waals surface area (Å²) in [6.45, 7) is 0.836. The highest BCUT2D eigenvalue weighted by molar-refractivity contribution is 8.18. The van der Waals surface area contributed by atoms with E-state index in [1.807, 2.05) is 18.5 Å². The highest BCUT2D eigenvalue weighted by Gasteiger charge is 2.26. The van der Waals surface area contributed by atoms with Gasteiger partial charge in [0.15, 0.2) is 5.78 Å². The molecule has 0 unspecified atom stereocenters. The molecule has 0 amide bonds. The second kappa shape index (κ2) is 9.93. The maximum absolute atomic E-state index is 11.9. The fraction of sp³-hybridized carbons (Fsp3) is 0.346. The second-order valence-corrected chi connectivity index (χ2v) is 9.90. The van der Waals surface area contributed by atoms with E-state index < -0.39 is 0 Å². The van der Waals surface area contributed by atoms with Crippen LogP contribution in [0.15, 0.2) is 53.8 Å². The van der Waals surface area contributed by atoms with Crippen molar-refractivity contribution in [1.82, 2.24) is 20.3 Å². The van der Waals surface area contributed by atoms with E-state index in [1.165, 1.54) is 16.3 Å². The van der Waals surface area contributed by atoms with Crippen LogP contribution in [0.3, 0.4) is 0 Å². The summed E-state index contributed by atoms with van der Waals surface area (Å²) in [6, 6.07) is 10.7. The van der Waals surface area contributed by atoms with E-state index in [0.717, 1.165) is 56.2 Å². The van der Waals surface area contributed by atoms with Gasteiger partial charge in [-0.1, -0.05) is 24.3 Å². The number of carbonyl (C=O) groups excluding carboxylic acids is 2. The standard InChI is InChI=1S/C26H26N4O2S/c31-23-13-26(32)33-24(23)12-21-9-10-28-25(30-21)11-17-5-7-20(8-6-17)29-16-19-15-27-14-18-3-1-2-4-22(18)19/h1-4,9-10,12,14-15,17,20,29H,5-8,11,13,16H2/b24-12-. The molecule has 1 aliphatic carbocycles. The van der Waals surface area contributed by atoms with Gasteiger partial charge in [0.2, 0.25) is 5.12 Å². The third-order valence-electron chi connectivity index (χ3n) is 6.46. The maximum atomic E-state index is 11.9. The molecule has 1 aliphatic heterocycles. The van der Waals surface area contributed by atoms with E-state index in [1.54, 1.807) is 18.3 Å². The van der Waals surface area contributed by atoms with E-state index in [0.29, 0.717) is 22.6 Å². The zero-order chi connectivity index (χ0) is 22.6. The third kappa shape index (κ3) is 5.37. The van der Waals surface area contributed by atoms with Crippen molar-refractivity contribution in [2.45, 2.75) is 51.1 Å². The summed E-state index contributed by atoms with van der Waals surface area (Å²) in [5, 5.41) is 6.08. The van der Waals surface area contributed by atoms with Crippen molar-refractivity contribution in [3.63, 3.8) is 0 Å². The van der Waals surface area contributed by atoms with Crippen LogP contribution >= 0.6 is 11.8 Å². The minimum Gasteiger partial charge on any atom is -0.310 e. The monoisotopic (exact) mass is 458 g/mol. The summed E-state index contributed by atoms with van der Waals surface area (Å²) < 4.78 is 0. The summed E-state index contributed by atoms with van der Waals surface area (Å²) in [5.74, 6) is 1.26. The van der Waals surface area contributed by atoms with Crippen molar-refractivity contribution in [1.29, 1.82) is 0 Å². The molecule has 0 atom stereocenters. The summed E-state index contributed by atoms with van der Waals surface area (Å²) in [4.78, 5) is 37.3. The lowest BCUT2D eigenvalue weighted by molar-refractivity contribution is -0.119. The van der Waals surface area contributed by atoms with Crippen LogP contribution in [0, 0.1) is 5.92 Å². The molecule has 0 radical (unpaired) electrons. The van der Waals surface area contributed by atoms with Gasteiger partial charge in [0, 0.05) is 43.0 Å². The molecule has 2 aromatic heterocycles. The minimum atomic E-state index is -0.115. The van der Waals surface area contributed by atoms with Crippen LogP contribution < -0.4 is 5.32 Å². The van der Waals surface area contributed by atoms with Crippen molar-refractivity contribution >= 4 is 39.5 Å². The number of pyridine rings is 1. The lowest BCUT2D eigenvalue weighted by atomic mass is 9.84. The van der Waals surface area contributed by atoms with E-state index in [-0.39, 0.29) is 17.3 Å². The van der Waals surface area contributed by atoms with Crippen LogP contribution in [0.25, 0.3) is 16.8 Å². The normalized spacial score (nSPS) is 22.4. The molecule has 2 aliphatic rings. The summed E-state index contributed by atoms with van der Waals surface area (Å²) in [6.07, 6.45) is 12.7. The first-order valence-corrected chi connectivity index (χ1v) is 12.3. The molecule has 0 spiro atoms. The van der Waals surface area contributed by atoms with Crippen LogP contribution in [0.1, 0.15) is 49.2 Å². The van der Waals surface area contributed by atoms with Gasteiger partial charge < -0.3 is 5.32 Å². The number of aromatic nitrogens is 3. The van der Waals surface area contributed by atoms with E-state index >= 15 is 0 Å². The largest absolute Gasteiger partial charge is 0.310 e. The minimum absolute atomic E-state index is 0.0112. The number of hydrogen-bond donors (Lipinski definition) is 1. The number of nitrogens with zero attached hydrogens (tertiary/aromatic N) is 3. The summed E-state index contributed by atoms with van der Waals surface area (Å²) in [5.41, 5.74) is 1.94. The Bertz CT molecular complexity index is 1210. The van der Waals surface area contributed by atoms with Gasteiger partial charge in [-0.25, -0.2) is 9.97 Å². The summed E-state index contributed by atoms with van der Waals surface area (Å²) in [7, 11) is 0. The average Bonchev–Trinajstić information content (AvgIpc) is 3.15. The molecule has 1 saturated heterocycles. The Balaban J connectivity index is 1.14. The van der Waals surface area contributed by atoms with Crippen molar-refractivity contribution < 1.29 is 9.59 Å². The Kier molecular flexibility index (Phi) is 6.60. The predicted octanol–water partition coefficient (Wildman–Crippen LogP) is 4.49. The number of thioether (sulfide) groups is 1. The van der Waals surface area contributed by atoms with E-state index in [4.69, 9.17) is 0 Å². The number of carbonyl (C=O) groups is 2. The summed E-state index contributed by atoms with van der Waals surface area (Å²) >= 11 is 1.02. The molecule has 0 bridgehead atoms. The Morgan fingerprint density at radius 1 is 1.06 bits per heavy atom. The first-order chi connectivity index (χ1) is 16.1. The first kappa shape index (κ1) is 21.9. The van der Waals surface area contributed by atoms with Gasteiger partial charge in [-0.2, -0.15) is 0 Å². The average molecular weight is 459 g/mol. The first-order valence-electron chi connectivity index (χ1n) is 11.5. The van der Waals surface area contributed by atoms with Crippen molar-refractivity contribution in [2.75, 3.05) is 0 Å². The maximum Gasteiger partial charge on any atom is 0.201 e. The number of nitrogens with one attached hydrogen (secondary N) is 1. The zero-order valence-corrected chi connectivity index (χ0v) is 19.2. The SMILES string of the molecule is O=C1CC(=O)/C(=C/c2ccnc(CC3CCC(NCc4cncc5ccccc45)CC3)n2)S1. The van der Waals surface area contributed by atoms with Gasteiger partial charge in [-0.3, -0.25) is 14.6 Å². The molecule has 3 heterocycles. The Labute approximate surface area is 197 Å². The molecule has 168 valence electrons. The van der Waals surface area contributed by atoms with Gasteiger partial charge in [-0.15, -0.1) is 0 Å². The predicted molar refractivity (Wildman–Crippen MR) is 130 cm³/mol. The molecule has 1 saturated carbocycles. The van der Waals surface area contributed by atoms with Gasteiger partial charge in [0.1, 0.15) is 5.82 Å². The van der Waals surface area contributed by atoms with Crippen molar-refractivity contribution in [2.24, 2.45) is 5.92 Å². The van der Waals surface area contributed by atoms with Gasteiger partial charge in [0.05, 0.1) is 17.0 Å². The quantitative estimate of drug-likeness (QED) is 0.430. The molecule has 33 heavy (non-hydrogen) atoms. The topological polar surface area (TPSA) is 84.8 Å². The molecule has 1 N–H and O–H groups in total. The lowest BCUT2D eigenvalue weighted by Gasteiger charge is -2.29. The lowest BCUT2D eigenvalue weighted by Crippen LogP contribution is -2.33. The van der Waals surface area contributed by atoms with Crippen LogP contribution in [0.5, 0.6) is 0 Å². The fourth-order valence-corrected chi connectivity index (χ4v) is 5.49. The molecule has 7 heteroatoms. The van der Waals surface area contributed by atoms with Crippen LogP contribution in [0.2, 0.25) is 0 Å². The molecular weight excluding hydrogens is 432 g/mol. The number of benzene rings is 1. The van der Waals surface area contributed by atoms with Crippen molar-refractivity contribution in [3.8, 4) is 0 Å². The molecular formula is C26H26N4O2S. The van der Waals surface area contributed by atoms with Crippen LogP contribution in [0.4, 0.5) is 0 Å². The smallest absolute Gasteiger partial charge is 0.201 e. The fourth-order valence-electron chi connectivity index (χ4n) is 4.67. The zero-order valence-electron chi connectivity index (χ0n) is 18.4. The van der Waals surface area contributed by atoms with Gasteiger partial charge >= 0.3 is 0 Å². The van der Waals surface area contributed by atoms with E-state index in [2.05, 4.69) is 38.5 Å². The number of fused-ring (bicyclic) bond motifs is 1. The number of rotatable bonds is 6. The Morgan fingerprint density at radius 2 is 1.91 bits per heavy atom. The van der Waals surface area contributed by atoms with Gasteiger partial charge in [-0.05, 0) is 66.5 Å². The number of ketones is 1. The third-order valence-corrected chi connectivity index (χ3v) is 7.40. The molecule has 2 fully saturated rings. The number of hydrogen-bond acceptors (Lipinski definition) is 7. The van der Waals surface area contributed by atoms with Crippen LogP contribution in [-0.4, -0.2) is 31.9 Å². The number of Topliss-reactive ketones (excluding diaryl/α,β-unsaturated/α-hetero) is 1. The Morgan fingerprint density at radius 3 is 2.73 bits per heavy atom. The highest BCUT2D eigenvalue weighted by Crippen LogP contribution is 2.31. The van der Waals surface area contributed by atoms with Crippen molar-refractivity contribution in [3.05, 3.63) is 70.9 Å². The molecule has 1 aromatic carbocycles. The molecule has 6 nitrogen and oxygen atoms in total. The highest BCUT2D eigenvalue weighted by atomic mass is 32.2. The molecule has 5 rings (SSSR count). The molecule has 3 aromatic rings.